The van der Waals surface area contributed by atoms with Crippen LogP contribution in [0.4, 0.5) is 0 Å². The van der Waals surface area contributed by atoms with Gasteiger partial charge < -0.3 is 23.7 Å². The number of methoxy groups -OCH3 is 2. The van der Waals surface area contributed by atoms with Gasteiger partial charge in [-0.05, 0) is 42.8 Å². The van der Waals surface area contributed by atoms with Crippen LogP contribution >= 0.6 is 11.6 Å². The standard InChI is InChI=1S/C22H19ClO7/c1-12-17(24)6-5-15-14(10-20(26)30-21(12)15)11-29-19(25)7-4-13-8-16(23)22(28-3)18(9-13)27-2/h4-10,24H,11H2,1-3H3. The number of phenolic OH excluding ortho intramolecular Hbond substituents is 1. The lowest BCUT2D eigenvalue weighted by molar-refractivity contribution is -0.138. The number of carbonyl (C=O) groups excluding carboxylic acids is 1. The van der Waals surface area contributed by atoms with Crippen molar-refractivity contribution in [3.05, 3.63) is 68.5 Å². The minimum Gasteiger partial charge on any atom is -0.508 e. The summed E-state index contributed by atoms with van der Waals surface area (Å²) in [7, 11) is 2.96. The molecule has 7 nitrogen and oxygen atoms in total. The average molecular weight is 431 g/mol. The molecule has 156 valence electrons. The molecule has 0 aliphatic carbocycles. The number of fused-ring (bicyclic) bond motifs is 1. The molecule has 30 heavy (non-hydrogen) atoms. The molecule has 1 N–H and O–H groups in total. The second-order valence-corrected chi connectivity index (χ2v) is 6.76. The number of carbonyl (C=O) groups is 1. The highest BCUT2D eigenvalue weighted by atomic mass is 35.5. The van der Waals surface area contributed by atoms with Gasteiger partial charge in [-0.1, -0.05) is 11.6 Å². The summed E-state index contributed by atoms with van der Waals surface area (Å²) in [5.41, 5.74) is 1.18. The number of rotatable bonds is 6. The van der Waals surface area contributed by atoms with Crippen LogP contribution in [0.5, 0.6) is 17.2 Å². The number of benzene rings is 2. The molecule has 0 bridgehead atoms. The highest BCUT2D eigenvalue weighted by Gasteiger charge is 2.13. The fourth-order valence-corrected chi connectivity index (χ4v) is 3.23. The Hall–Kier alpha value is -3.45. The van der Waals surface area contributed by atoms with Crippen molar-refractivity contribution in [2.75, 3.05) is 14.2 Å². The molecule has 0 radical (unpaired) electrons. The van der Waals surface area contributed by atoms with E-state index in [0.29, 0.717) is 38.6 Å². The minimum absolute atomic E-state index is 0.0105. The summed E-state index contributed by atoms with van der Waals surface area (Å²) in [4.78, 5) is 24.0. The van der Waals surface area contributed by atoms with Gasteiger partial charge in [0.05, 0.1) is 19.2 Å². The number of esters is 1. The molecule has 0 saturated heterocycles. The molecule has 0 atom stereocenters. The third-order valence-electron chi connectivity index (χ3n) is 4.46. The van der Waals surface area contributed by atoms with E-state index in [4.69, 9.17) is 30.2 Å². The second kappa shape index (κ2) is 8.92. The van der Waals surface area contributed by atoms with Crippen LogP contribution in [0.2, 0.25) is 5.02 Å². The van der Waals surface area contributed by atoms with E-state index in [2.05, 4.69) is 0 Å². The predicted octanol–water partition coefficient (Wildman–Crippen LogP) is 4.23. The maximum Gasteiger partial charge on any atom is 0.336 e. The van der Waals surface area contributed by atoms with Crippen LogP contribution in [0, 0.1) is 6.92 Å². The van der Waals surface area contributed by atoms with Crippen molar-refractivity contribution in [1.82, 2.24) is 0 Å². The summed E-state index contributed by atoms with van der Waals surface area (Å²) in [6, 6.07) is 7.64. The Morgan fingerprint density at radius 3 is 2.67 bits per heavy atom. The topological polar surface area (TPSA) is 95.2 Å². The highest BCUT2D eigenvalue weighted by Crippen LogP contribution is 2.36. The summed E-state index contributed by atoms with van der Waals surface area (Å²) in [6.45, 7) is 1.50. The zero-order chi connectivity index (χ0) is 21.8. The third kappa shape index (κ3) is 4.41. The molecule has 1 aromatic heterocycles. The van der Waals surface area contributed by atoms with Gasteiger partial charge in [0.25, 0.3) is 0 Å². The minimum atomic E-state index is -0.613. The number of hydrogen-bond acceptors (Lipinski definition) is 7. The van der Waals surface area contributed by atoms with E-state index in [0.717, 1.165) is 0 Å². The molecule has 0 unspecified atom stereocenters. The highest BCUT2D eigenvalue weighted by molar-refractivity contribution is 6.32. The van der Waals surface area contributed by atoms with Crippen LogP contribution in [0.25, 0.3) is 17.0 Å². The predicted molar refractivity (Wildman–Crippen MR) is 112 cm³/mol. The maximum absolute atomic E-state index is 12.2. The largest absolute Gasteiger partial charge is 0.508 e. The van der Waals surface area contributed by atoms with Gasteiger partial charge in [-0.25, -0.2) is 9.59 Å². The third-order valence-corrected chi connectivity index (χ3v) is 4.74. The van der Waals surface area contributed by atoms with E-state index in [1.165, 1.54) is 38.5 Å². The Bertz CT molecular complexity index is 1190. The number of halogens is 1. The van der Waals surface area contributed by atoms with Crippen LogP contribution in [-0.2, 0) is 16.1 Å². The molecule has 2 aromatic carbocycles. The van der Waals surface area contributed by atoms with Crippen LogP contribution in [0.3, 0.4) is 0 Å². The Balaban J connectivity index is 1.78. The van der Waals surface area contributed by atoms with E-state index >= 15 is 0 Å². The van der Waals surface area contributed by atoms with Gasteiger partial charge in [0.15, 0.2) is 11.5 Å². The van der Waals surface area contributed by atoms with Crippen molar-refractivity contribution in [3.63, 3.8) is 0 Å². The fraction of sp³-hybridized carbons (Fsp3) is 0.182. The summed E-state index contributed by atoms with van der Waals surface area (Å²) < 4.78 is 20.8. The molecule has 0 saturated carbocycles. The van der Waals surface area contributed by atoms with Crippen molar-refractivity contribution in [3.8, 4) is 17.2 Å². The number of aromatic hydroxyl groups is 1. The smallest absolute Gasteiger partial charge is 0.336 e. The van der Waals surface area contributed by atoms with Gasteiger partial charge in [0.1, 0.15) is 17.9 Å². The zero-order valence-electron chi connectivity index (χ0n) is 16.5. The molecule has 0 fully saturated rings. The lowest BCUT2D eigenvalue weighted by Gasteiger charge is -2.10. The normalized spacial score (nSPS) is 11.1. The molecule has 0 aliphatic heterocycles. The molecule has 8 heteroatoms. The number of hydrogen-bond donors (Lipinski definition) is 1. The first-order valence-corrected chi connectivity index (χ1v) is 9.23. The molecule has 3 aromatic rings. The molecular formula is C22H19ClO7. The first-order chi connectivity index (χ1) is 14.3. The van der Waals surface area contributed by atoms with Gasteiger partial charge >= 0.3 is 11.6 Å². The van der Waals surface area contributed by atoms with Gasteiger partial charge in [-0.3, -0.25) is 0 Å². The monoisotopic (exact) mass is 430 g/mol. The van der Waals surface area contributed by atoms with Crippen LogP contribution in [0.1, 0.15) is 16.7 Å². The van der Waals surface area contributed by atoms with E-state index < -0.39 is 11.6 Å². The van der Waals surface area contributed by atoms with Gasteiger partial charge in [-0.15, -0.1) is 0 Å². The van der Waals surface area contributed by atoms with Crippen LogP contribution < -0.4 is 15.1 Å². The number of ether oxygens (including phenoxy) is 3. The van der Waals surface area contributed by atoms with Crippen molar-refractivity contribution in [1.29, 1.82) is 0 Å². The van der Waals surface area contributed by atoms with E-state index in [-0.39, 0.29) is 17.9 Å². The zero-order valence-corrected chi connectivity index (χ0v) is 17.3. The molecular weight excluding hydrogens is 412 g/mol. The lowest BCUT2D eigenvalue weighted by Crippen LogP contribution is -2.06. The summed E-state index contributed by atoms with van der Waals surface area (Å²) >= 11 is 6.15. The van der Waals surface area contributed by atoms with Crippen molar-refractivity contribution < 1.29 is 28.5 Å². The Morgan fingerprint density at radius 1 is 1.20 bits per heavy atom. The Labute approximate surface area is 177 Å². The van der Waals surface area contributed by atoms with E-state index in [1.54, 1.807) is 25.1 Å². The Morgan fingerprint density at radius 2 is 1.97 bits per heavy atom. The molecule has 0 spiro atoms. The quantitative estimate of drug-likeness (QED) is 0.355. The molecule has 1 heterocycles. The van der Waals surface area contributed by atoms with Crippen LogP contribution in [0.15, 0.2) is 45.6 Å². The fourth-order valence-electron chi connectivity index (χ4n) is 2.93. The lowest BCUT2D eigenvalue weighted by atomic mass is 10.1. The summed E-state index contributed by atoms with van der Waals surface area (Å²) in [6.07, 6.45) is 2.76. The van der Waals surface area contributed by atoms with E-state index in [1.807, 2.05) is 0 Å². The van der Waals surface area contributed by atoms with Crippen molar-refractivity contribution >= 4 is 34.6 Å². The van der Waals surface area contributed by atoms with Crippen LogP contribution in [-0.4, -0.2) is 25.3 Å². The average Bonchev–Trinajstić information content (AvgIpc) is 2.72. The van der Waals surface area contributed by atoms with Gasteiger partial charge in [0.2, 0.25) is 0 Å². The molecule has 0 amide bonds. The molecule has 0 aliphatic rings. The molecule has 3 rings (SSSR count). The Kier molecular flexibility index (Phi) is 6.32. The second-order valence-electron chi connectivity index (χ2n) is 6.36. The van der Waals surface area contributed by atoms with Crippen molar-refractivity contribution in [2.45, 2.75) is 13.5 Å². The SMILES string of the molecule is COc1cc(C=CC(=O)OCc2cc(=O)oc3c(C)c(O)ccc23)cc(Cl)c1OC. The van der Waals surface area contributed by atoms with E-state index in [9.17, 15) is 14.7 Å². The maximum atomic E-state index is 12.2. The summed E-state index contributed by atoms with van der Waals surface area (Å²) in [5, 5.41) is 10.7. The first-order valence-electron chi connectivity index (χ1n) is 8.85. The van der Waals surface area contributed by atoms with Crippen molar-refractivity contribution in [2.24, 2.45) is 0 Å². The number of aryl methyl sites for hydroxylation is 1. The van der Waals surface area contributed by atoms with Gasteiger partial charge in [0, 0.05) is 28.7 Å². The number of phenols is 1. The van der Waals surface area contributed by atoms with Gasteiger partial charge in [-0.2, -0.15) is 0 Å². The first kappa shape index (κ1) is 21.3. The summed E-state index contributed by atoms with van der Waals surface area (Å²) in [5.74, 6) is 0.225.